The zero-order chi connectivity index (χ0) is 26.8. The normalized spacial score (nSPS) is 11.3. The second-order valence-electron chi connectivity index (χ2n) is 7.50. The Kier molecular flexibility index (Phi) is 8.04. The van der Waals surface area contributed by atoms with E-state index >= 15 is 0 Å². The lowest BCUT2D eigenvalue weighted by molar-refractivity contribution is -0.136. The Morgan fingerprint density at radius 1 is 1.17 bits per heavy atom. The van der Waals surface area contributed by atoms with Gasteiger partial charge in [0, 0.05) is 36.3 Å². The predicted octanol–water partition coefficient (Wildman–Crippen LogP) is 5.26. The molecule has 0 fully saturated rings. The van der Waals surface area contributed by atoms with E-state index in [1.807, 2.05) is 13.8 Å². The molecule has 0 saturated carbocycles. The molecule has 0 radical (unpaired) electrons. The van der Waals surface area contributed by atoms with Crippen LogP contribution in [0.25, 0.3) is 11.0 Å². The molecule has 192 valence electrons. The van der Waals surface area contributed by atoms with Crippen LogP contribution in [0.3, 0.4) is 0 Å². The number of fused-ring (bicyclic) bond motifs is 1. The number of alkyl halides is 3. The van der Waals surface area contributed by atoms with Gasteiger partial charge in [-0.15, -0.1) is 11.3 Å². The number of thiophene rings is 1. The standard InChI is InChI=1S/C23H22F3N3O5S2/c1-5-29(6-2)20(31)18-11(3)17(21(32)33-4)19(36-18)28-22(35)27-12-7-8-13-14(23(24,25)26)10-16(30)34-15(13)9-12/h7-10H,5-6H2,1-4H3,(H2,27,28,35). The largest absolute Gasteiger partial charge is 0.465 e. The molecule has 0 aliphatic carbocycles. The molecule has 1 amide bonds. The number of nitrogens with zero attached hydrogens (tertiary/aromatic N) is 1. The molecule has 36 heavy (non-hydrogen) atoms. The Morgan fingerprint density at radius 3 is 2.42 bits per heavy atom. The number of carbonyl (C=O) groups excluding carboxylic acids is 2. The van der Waals surface area contributed by atoms with Gasteiger partial charge in [-0.1, -0.05) is 0 Å². The van der Waals surface area contributed by atoms with Gasteiger partial charge in [-0.25, -0.2) is 9.59 Å². The van der Waals surface area contributed by atoms with Gasteiger partial charge < -0.3 is 24.7 Å². The average molecular weight is 542 g/mol. The highest BCUT2D eigenvalue weighted by molar-refractivity contribution is 7.80. The summed E-state index contributed by atoms with van der Waals surface area (Å²) in [5.74, 6) is -0.913. The minimum atomic E-state index is -4.73. The van der Waals surface area contributed by atoms with Gasteiger partial charge in [-0.2, -0.15) is 13.2 Å². The minimum Gasteiger partial charge on any atom is -0.465 e. The summed E-state index contributed by atoms with van der Waals surface area (Å²) in [7, 11) is 1.21. The molecule has 2 N–H and O–H groups in total. The smallest absolute Gasteiger partial charge is 0.417 e. The summed E-state index contributed by atoms with van der Waals surface area (Å²) >= 11 is 6.34. The van der Waals surface area contributed by atoms with Crippen LogP contribution in [0.15, 0.2) is 33.5 Å². The monoisotopic (exact) mass is 541 g/mol. The van der Waals surface area contributed by atoms with Crippen LogP contribution in [0.1, 0.15) is 45.0 Å². The van der Waals surface area contributed by atoms with E-state index in [0.717, 1.165) is 17.4 Å². The summed E-state index contributed by atoms with van der Waals surface area (Å²) in [5.41, 5.74) is -1.73. The number of thiocarbonyl (C=S) groups is 1. The molecule has 1 aromatic carbocycles. The quantitative estimate of drug-likeness (QED) is 0.248. The highest BCUT2D eigenvalue weighted by atomic mass is 32.1. The highest BCUT2D eigenvalue weighted by Crippen LogP contribution is 2.36. The maximum Gasteiger partial charge on any atom is 0.417 e. The van der Waals surface area contributed by atoms with Crippen LogP contribution in [0.5, 0.6) is 0 Å². The third kappa shape index (κ3) is 5.51. The number of carbonyl (C=O) groups is 2. The van der Waals surface area contributed by atoms with Crippen LogP contribution in [0.2, 0.25) is 0 Å². The van der Waals surface area contributed by atoms with Gasteiger partial charge in [-0.3, -0.25) is 4.79 Å². The molecule has 8 nitrogen and oxygen atoms in total. The number of amides is 1. The van der Waals surface area contributed by atoms with Gasteiger partial charge in [0.1, 0.15) is 10.6 Å². The number of anilines is 2. The summed E-state index contributed by atoms with van der Waals surface area (Å²) in [6, 6.07) is 4.09. The second-order valence-corrected chi connectivity index (χ2v) is 8.93. The average Bonchev–Trinajstić information content (AvgIpc) is 3.13. The second kappa shape index (κ2) is 10.7. The number of nitrogens with one attached hydrogen (secondary N) is 2. The number of esters is 1. The molecule has 13 heteroatoms. The van der Waals surface area contributed by atoms with Crippen LogP contribution < -0.4 is 16.3 Å². The molecule has 0 unspecified atom stereocenters. The third-order valence-corrected chi connectivity index (χ3v) is 6.72. The molecule has 0 saturated heterocycles. The van der Waals surface area contributed by atoms with Crippen molar-refractivity contribution >= 4 is 62.2 Å². The number of hydrogen-bond donors (Lipinski definition) is 2. The molecular formula is C23H22F3N3O5S2. The number of rotatable bonds is 6. The zero-order valence-corrected chi connectivity index (χ0v) is 21.3. The lowest BCUT2D eigenvalue weighted by Crippen LogP contribution is -2.30. The lowest BCUT2D eigenvalue weighted by atomic mass is 10.1. The molecule has 3 aromatic rings. The van der Waals surface area contributed by atoms with Crippen LogP contribution in [0, 0.1) is 6.92 Å². The third-order valence-electron chi connectivity index (χ3n) is 5.32. The first-order chi connectivity index (χ1) is 16.9. The molecule has 0 spiro atoms. The van der Waals surface area contributed by atoms with Gasteiger partial charge in [-0.05, 0) is 50.7 Å². The van der Waals surface area contributed by atoms with Crippen LogP contribution in [-0.4, -0.2) is 42.1 Å². The summed E-state index contributed by atoms with van der Waals surface area (Å²) in [6.45, 7) is 6.28. The summed E-state index contributed by atoms with van der Waals surface area (Å²) in [6.07, 6.45) is -4.73. The SMILES string of the molecule is CCN(CC)C(=O)c1sc(NC(=S)Nc2ccc3c(C(F)(F)F)cc(=O)oc3c2)c(C(=O)OC)c1C. The van der Waals surface area contributed by atoms with Crippen molar-refractivity contribution in [3.8, 4) is 0 Å². The van der Waals surface area contributed by atoms with E-state index in [-0.39, 0.29) is 38.2 Å². The van der Waals surface area contributed by atoms with Gasteiger partial charge in [0.25, 0.3) is 5.91 Å². The topological polar surface area (TPSA) is 101 Å². The first kappa shape index (κ1) is 27.1. The maximum absolute atomic E-state index is 13.3. The van der Waals surface area contributed by atoms with Crippen molar-refractivity contribution in [1.29, 1.82) is 0 Å². The molecule has 0 aliphatic heterocycles. The summed E-state index contributed by atoms with van der Waals surface area (Å²) in [5, 5.41) is 5.60. The molecule has 3 rings (SSSR count). The lowest BCUT2D eigenvalue weighted by Gasteiger charge is -2.18. The first-order valence-corrected chi connectivity index (χ1v) is 11.9. The Hall–Kier alpha value is -3.45. The van der Waals surface area contributed by atoms with Crippen molar-refractivity contribution in [2.75, 3.05) is 30.8 Å². The Morgan fingerprint density at radius 2 is 1.83 bits per heavy atom. The molecule has 0 atom stereocenters. The molecular weight excluding hydrogens is 519 g/mol. The molecule has 2 aromatic heterocycles. The van der Waals surface area contributed by atoms with E-state index in [1.165, 1.54) is 19.2 Å². The summed E-state index contributed by atoms with van der Waals surface area (Å²) < 4.78 is 49.6. The fourth-order valence-corrected chi connectivity index (χ4v) is 5.00. The van der Waals surface area contributed by atoms with Crippen molar-refractivity contribution in [3.05, 3.63) is 56.3 Å². The number of benzene rings is 1. The Balaban J connectivity index is 1.93. The van der Waals surface area contributed by atoms with Crippen molar-refractivity contribution < 1.29 is 31.9 Å². The maximum atomic E-state index is 13.3. The van der Waals surface area contributed by atoms with E-state index in [9.17, 15) is 27.6 Å². The number of ether oxygens (including phenoxy) is 1. The molecule has 0 aliphatic rings. The Bertz CT molecular complexity index is 1390. The van der Waals surface area contributed by atoms with E-state index < -0.39 is 23.3 Å². The van der Waals surface area contributed by atoms with Crippen LogP contribution >= 0.6 is 23.6 Å². The molecule has 2 heterocycles. The fraction of sp³-hybridized carbons (Fsp3) is 0.304. The fourth-order valence-electron chi connectivity index (χ4n) is 3.55. The number of halogens is 3. The highest BCUT2D eigenvalue weighted by Gasteiger charge is 2.34. The minimum absolute atomic E-state index is 0.0167. The van der Waals surface area contributed by atoms with Gasteiger partial charge >= 0.3 is 17.8 Å². The predicted molar refractivity (Wildman–Crippen MR) is 135 cm³/mol. The van der Waals surface area contributed by atoms with Crippen molar-refractivity contribution in [2.24, 2.45) is 0 Å². The van der Waals surface area contributed by atoms with Crippen molar-refractivity contribution in [2.45, 2.75) is 26.9 Å². The van der Waals surface area contributed by atoms with Crippen LogP contribution in [0.4, 0.5) is 23.9 Å². The van der Waals surface area contributed by atoms with Gasteiger partial charge in [0.2, 0.25) is 0 Å². The van der Waals surface area contributed by atoms with E-state index in [4.69, 9.17) is 21.4 Å². The van der Waals surface area contributed by atoms with Crippen LogP contribution in [-0.2, 0) is 10.9 Å². The van der Waals surface area contributed by atoms with E-state index in [2.05, 4.69) is 10.6 Å². The number of hydrogen-bond acceptors (Lipinski definition) is 7. The zero-order valence-electron chi connectivity index (χ0n) is 19.7. The van der Waals surface area contributed by atoms with Gasteiger partial charge in [0.05, 0.1) is 23.1 Å². The summed E-state index contributed by atoms with van der Waals surface area (Å²) in [4.78, 5) is 39.0. The number of methoxy groups -OCH3 is 1. The first-order valence-electron chi connectivity index (χ1n) is 10.6. The van der Waals surface area contributed by atoms with Crippen molar-refractivity contribution in [3.63, 3.8) is 0 Å². The van der Waals surface area contributed by atoms with E-state index in [0.29, 0.717) is 29.6 Å². The van der Waals surface area contributed by atoms with Gasteiger partial charge in [0.15, 0.2) is 5.11 Å². The van der Waals surface area contributed by atoms with E-state index in [1.54, 1.807) is 11.8 Å². The Labute approximate surface area is 213 Å². The van der Waals surface area contributed by atoms with Crippen molar-refractivity contribution in [1.82, 2.24) is 4.90 Å². The molecule has 0 bridgehead atoms.